The van der Waals surface area contributed by atoms with Crippen LogP contribution in [-0.2, 0) is 4.74 Å². The highest BCUT2D eigenvalue weighted by molar-refractivity contribution is 4.86. The normalized spacial score (nSPS) is 12.3. The SMILES string of the molecule is C#CCNCC(C)OCCCCCCCC. The lowest BCUT2D eigenvalue weighted by Gasteiger charge is -2.12. The molecule has 2 nitrogen and oxygen atoms in total. The second-order valence-corrected chi connectivity index (χ2v) is 4.28. The lowest BCUT2D eigenvalue weighted by molar-refractivity contribution is 0.0638. The fourth-order valence-electron chi connectivity index (χ4n) is 1.57. The van der Waals surface area contributed by atoms with Crippen molar-refractivity contribution in [1.29, 1.82) is 0 Å². The van der Waals surface area contributed by atoms with Crippen LogP contribution >= 0.6 is 0 Å². The third kappa shape index (κ3) is 11.6. The van der Waals surface area contributed by atoms with Gasteiger partial charge in [-0.2, -0.15) is 0 Å². The lowest BCUT2D eigenvalue weighted by atomic mass is 10.1. The molecule has 0 aromatic heterocycles. The first-order valence-electron chi connectivity index (χ1n) is 6.57. The van der Waals surface area contributed by atoms with E-state index in [-0.39, 0.29) is 6.10 Å². The van der Waals surface area contributed by atoms with Gasteiger partial charge in [-0.25, -0.2) is 0 Å². The zero-order valence-corrected chi connectivity index (χ0v) is 10.9. The van der Waals surface area contributed by atoms with Crippen LogP contribution < -0.4 is 5.32 Å². The molecule has 2 heteroatoms. The van der Waals surface area contributed by atoms with Gasteiger partial charge in [-0.05, 0) is 13.3 Å². The topological polar surface area (TPSA) is 21.3 Å². The first-order chi connectivity index (χ1) is 7.81. The van der Waals surface area contributed by atoms with Crippen LogP contribution in [-0.4, -0.2) is 25.8 Å². The quantitative estimate of drug-likeness (QED) is 0.431. The minimum atomic E-state index is 0.268. The van der Waals surface area contributed by atoms with Crippen molar-refractivity contribution in [2.24, 2.45) is 0 Å². The average Bonchev–Trinajstić information content (AvgIpc) is 2.28. The summed E-state index contributed by atoms with van der Waals surface area (Å²) in [5.74, 6) is 2.55. The van der Waals surface area contributed by atoms with Crippen LogP contribution in [0.4, 0.5) is 0 Å². The van der Waals surface area contributed by atoms with Crippen molar-refractivity contribution in [2.45, 2.75) is 58.5 Å². The zero-order valence-electron chi connectivity index (χ0n) is 10.9. The molecule has 0 saturated carbocycles. The van der Waals surface area contributed by atoms with Crippen LogP contribution in [0.5, 0.6) is 0 Å². The second-order valence-electron chi connectivity index (χ2n) is 4.28. The number of unbranched alkanes of at least 4 members (excludes halogenated alkanes) is 5. The standard InChI is InChI=1S/C14H27NO/c1-4-6-7-8-9-10-12-16-14(3)13-15-11-5-2/h2,14-15H,4,6-13H2,1,3H3. The summed E-state index contributed by atoms with van der Waals surface area (Å²) in [5, 5.41) is 3.14. The lowest BCUT2D eigenvalue weighted by Crippen LogP contribution is -2.27. The highest BCUT2D eigenvalue weighted by atomic mass is 16.5. The van der Waals surface area contributed by atoms with Crippen LogP contribution in [0.15, 0.2) is 0 Å². The summed E-state index contributed by atoms with van der Waals surface area (Å²) < 4.78 is 5.66. The number of rotatable bonds is 11. The predicted octanol–water partition coefficient (Wildman–Crippen LogP) is 2.97. The summed E-state index contributed by atoms with van der Waals surface area (Å²) >= 11 is 0. The van der Waals surface area contributed by atoms with Crippen molar-refractivity contribution in [1.82, 2.24) is 5.32 Å². The molecule has 0 saturated heterocycles. The smallest absolute Gasteiger partial charge is 0.0671 e. The molecule has 0 aliphatic carbocycles. The molecule has 0 aliphatic rings. The molecular weight excluding hydrogens is 198 g/mol. The number of hydrogen-bond donors (Lipinski definition) is 1. The first-order valence-corrected chi connectivity index (χ1v) is 6.57. The summed E-state index contributed by atoms with van der Waals surface area (Å²) in [4.78, 5) is 0. The van der Waals surface area contributed by atoms with Gasteiger partial charge in [0.25, 0.3) is 0 Å². The third-order valence-corrected chi connectivity index (χ3v) is 2.56. The van der Waals surface area contributed by atoms with Gasteiger partial charge >= 0.3 is 0 Å². The minimum absolute atomic E-state index is 0.268. The first kappa shape index (κ1) is 15.5. The van der Waals surface area contributed by atoms with Gasteiger partial charge in [0.05, 0.1) is 12.6 Å². The molecule has 94 valence electrons. The Morgan fingerprint density at radius 1 is 1.19 bits per heavy atom. The minimum Gasteiger partial charge on any atom is -0.377 e. The molecular formula is C14H27NO. The molecule has 0 heterocycles. The molecule has 0 spiro atoms. The van der Waals surface area contributed by atoms with E-state index in [1.54, 1.807) is 0 Å². The molecule has 16 heavy (non-hydrogen) atoms. The van der Waals surface area contributed by atoms with Gasteiger partial charge in [0.1, 0.15) is 0 Å². The van der Waals surface area contributed by atoms with Crippen molar-refractivity contribution in [2.75, 3.05) is 19.7 Å². The van der Waals surface area contributed by atoms with Gasteiger partial charge in [-0.3, -0.25) is 0 Å². The Balaban J connectivity index is 3.09. The molecule has 1 N–H and O–H groups in total. The Morgan fingerprint density at radius 3 is 2.56 bits per heavy atom. The summed E-state index contributed by atoms with van der Waals surface area (Å²) in [6, 6.07) is 0. The highest BCUT2D eigenvalue weighted by Gasteiger charge is 2.00. The van der Waals surface area contributed by atoms with Crippen LogP contribution in [0.3, 0.4) is 0 Å². The van der Waals surface area contributed by atoms with Crippen molar-refractivity contribution in [3.8, 4) is 12.3 Å². The third-order valence-electron chi connectivity index (χ3n) is 2.56. The van der Waals surface area contributed by atoms with Crippen molar-refractivity contribution >= 4 is 0 Å². The van der Waals surface area contributed by atoms with Crippen LogP contribution in [0.2, 0.25) is 0 Å². The van der Waals surface area contributed by atoms with E-state index in [9.17, 15) is 0 Å². The Hall–Kier alpha value is -0.520. The molecule has 0 rings (SSSR count). The van der Waals surface area contributed by atoms with E-state index in [4.69, 9.17) is 11.2 Å². The summed E-state index contributed by atoms with van der Waals surface area (Å²) in [7, 11) is 0. The van der Waals surface area contributed by atoms with Gasteiger partial charge < -0.3 is 10.1 Å². The average molecular weight is 225 g/mol. The van der Waals surface area contributed by atoms with E-state index < -0.39 is 0 Å². The monoisotopic (exact) mass is 225 g/mol. The number of terminal acetylenes is 1. The fourth-order valence-corrected chi connectivity index (χ4v) is 1.57. The summed E-state index contributed by atoms with van der Waals surface area (Å²) in [6.07, 6.45) is 13.3. The summed E-state index contributed by atoms with van der Waals surface area (Å²) in [5.41, 5.74) is 0. The molecule has 1 unspecified atom stereocenters. The largest absolute Gasteiger partial charge is 0.377 e. The van der Waals surface area contributed by atoms with Gasteiger partial charge in [0, 0.05) is 13.2 Å². The van der Waals surface area contributed by atoms with Crippen molar-refractivity contribution in [3.63, 3.8) is 0 Å². The molecule has 0 aromatic rings. The van der Waals surface area contributed by atoms with Gasteiger partial charge in [0.2, 0.25) is 0 Å². The maximum Gasteiger partial charge on any atom is 0.0671 e. The van der Waals surface area contributed by atoms with Gasteiger partial charge in [0.15, 0.2) is 0 Å². The van der Waals surface area contributed by atoms with Gasteiger partial charge in [-0.15, -0.1) is 6.42 Å². The van der Waals surface area contributed by atoms with E-state index in [0.717, 1.165) is 13.2 Å². The molecule has 0 bridgehead atoms. The molecule has 0 aromatic carbocycles. The zero-order chi connectivity index (χ0) is 12.1. The van der Waals surface area contributed by atoms with Crippen LogP contribution in [0, 0.1) is 12.3 Å². The van der Waals surface area contributed by atoms with E-state index in [2.05, 4.69) is 25.1 Å². The second kappa shape index (κ2) is 12.5. The van der Waals surface area contributed by atoms with E-state index in [1.807, 2.05) is 0 Å². The van der Waals surface area contributed by atoms with Crippen molar-refractivity contribution in [3.05, 3.63) is 0 Å². The fraction of sp³-hybridized carbons (Fsp3) is 0.857. The van der Waals surface area contributed by atoms with Crippen LogP contribution in [0.1, 0.15) is 52.4 Å². The number of nitrogens with one attached hydrogen (secondary N) is 1. The van der Waals surface area contributed by atoms with E-state index in [1.165, 1.54) is 38.5 Å². The Labute approximate surface area is 101 Å². The van der Waals surface area contributed by atoms with Gasteiger partial charge in [-0.1, -0.05) is 44.9 Å². The molecule has 1 atom stereocenters. The maximum absolute atomic E-state index is 5.66. The van der Waals surface area contributed by atoms with Crippen LogP contribution in [0.25, 0.3) is 0 Å². The Morgan fingerprint density at radius 2 is 1.88 bits per heavy atom. The van der Waals surface area contributed by atoms with Crippen molar-refractivity contribution < 1.29 is 4.74 Å². The predicted molar refractivity (Wildman–Crippen MR) is 70.5 cm³/mol. The van der Waals surface area contributed by atoms with E-state index >= 15 is 0 Å². The highest BCUT2D eigenvalue weighted by Crippen LogP contribution is 2.05. The molecule has 0 aliphatic heterocycles. The molecule has 0 fully saturated rings. The van der Waals surface area contributed by atoms with E-state index in [0.29, 0.717) is 6.54 Å². The molecule has 0 amide bonds. The summed E-state index contributed by atoms with van der Waals surface area (Å²) in [6.45, 7) is 6.68. The molecule has 0 radical (unpaired) electrons. The Bertz CT molecular complexity index is 174. The number of ether oxygens (including phenoxy) is 1. The Kier molecular flexibility index (Phi) is 12.1. The maximum atomic E-state index is 5.66. The number of hydrogen-bond acceptors (Lipinski definition) is 2.